The van der Waals surface area contributed by atoms with Crippen LogP contribution in [0.4, 0.5) is 0 Å². The minimum atomic E-state index is -0.979. The molecule has 2 atom stereocenters. The van der Waals surface area contributed by atoms with Crippen LogP contribution in [-0.2, 0) is 20.1 Å². The Labute approximate surface area is 169 Å². The summed E-state index contributed by atoms with van der Waals surface area (Å²) in [6.07, 6.45) is -0.979. The average Bonchev–Trinajstić information content (AvgIpc) is 3.11. The third-order valence-corrected chi connectivity index (χ3v) is 6.08. The van der Waals surface area contributed by atoms with Gasteiger partial charge in [0.2, 0.25) is 0 Å². The molecule has 0 unspecified atom stereocenters. The molecule has 3 N–H and O–H groups in total. The lowest BCUT2D eigenvalue weighted by Gasteiger charge is -2.14. The number of fused-ring (bicyclic) bond motifs is 1. The maximum Gasteiger partial charge on any atom is 0.319 e. The van der Waals surface area contributed by atoms with Crippen LogP contribution in [0.1, 0.15) is 19.7 Å². The van der Waals surface area contributed by atoms with E-state index < -0.39 is 23.2 Å². The molecule has 0 spiro atoms. The van der Waals surface area contributed by atoms with E-state index in [0.717, 1.165) is 11.1 Å². The number of amides is 1. The van der Waals surface area contributed by atoms with Crippen LogP contribution in [-0.4, -0.2) is 33.2 Å². The van der Waals surface area contributed by atoms with Crippen molar-refractivity contribution in [1.29, 1.82) is 0 Å². The zero-order valence-corrected chi connectivity index (χ0v) is 16.9. The van der Waals surface area contributed by atoms with Crippen molar-refractivity contribution >= 4 is 45.2 Å². The van der Waals surface area contributed by atoms with E-state index in [4.69, 9.17) is 10.5 Å². The van der Waals surface area contributed by atoms with Gasteiger partial charge in [-0.1, -0.05) is 30.3 Å². The van der Waals surface area contributed by atoms with Crippen molar-refractivity contribution < 1.29 is 14.3 Å². The van der Waals surface area contributed by atoms with E-state index in [2.05, 4.69) is 9.97 Å². The van der Waals surface area contributed by atoms with Gasteiger partial charge in [0.15, 0.2) is 6.10 Å². The maximum absolute atomic E-state index is 12.6. The summed E-state index contributed by atoms with van der Waals surface area (Å²) >= 11 is 2.66. The Morgan fingerprint density at radius 2 is 2.00 bits per heavy atom. The van der Waals surface area contributed by atoms with Crippen molar-refractivity contribution in [3.05, 3.63) is 51.9 Å². The van der Waals surface area contributed by atoms with Crippen molar-refractivity contribution in [3.8, 4) is 11.1 Å². The number of aromatic amines is 1. The Hall–Kier alpha value is -2.65. The van der Waals surface area contributed by atoms with E-state index in [-0.39, 0.29) is 5.56 Å². The normalized spacial score (nSPS) is 13.2. The van der Waals surface area contributed by atoms with Gasteiger partial charge in [-0.3, -0.25) is 14.4 Å². The molecule has 0 saturated carbocycles. The summed E-state index contributed by atoms with van der Waals surface area (Å²) in [6.45, 7) is 3.09. The summed E-state index contributed by atoms with van der Waals surface area (Å²) in [5.41, 5.74) is 6.70. The van der Waals surface area contributed by atoms with Crippen LogP contribution in [0.15, 0.2) is 40.5 Å². The molecule has 0 radical (unpaired) electrons. The lowest BCUT2D eigenvalue weighted by molar-refractivity contribution is -0.152. The summed E-state index contributed by atoms with van der Waals surface area (Å²) in [6, 6.07) is 9.67. The van der Waals surface area contributed by atoms with Crippen LogP contribution in [0, 0.1) is 0 Å². The standard InChI is InChI=1S/C19H19N3O4S2/c1-10(16(20)23)26-19(25)11(2)27-9-14-21-17(24)15-13(8-28-18(15)22-14)12-6-4-3-5-7-12/h3-8,10-11H,9H2,1-2H3,(H2,20,23)(H,21,22,24)/t10-,11-/m1/s1. The van der Waals surface area contributed by atoms with E-state index in [0.29, 0.717) is 21.8 Å². The summed E-state index contributed by atoms with van der Waals surface area (Å²) < 4.78 is 4.98. The van der Waals surface area contributed by atoms with Crippen molar-refractivity contribution in [2.24, 2.45) is 5.73 Å². The molecule has 0 saturated heterocycles. The highest BCUT2D eigenvalue weighted by molar-refractivity contribution is 7.99. The minimum absolute atomic E-state index is 0.210. The van der Waals surface area contributed by atoms with Crippen LogP contribution in [0.2, 0.25) is 0 Å². The molecular weight excluding hydrogens is 398 g/mol. The number of ether oxygens (including phenoxy) is 1. The van der Waals surface area contributed by atoms with Gasteiger partial charge in [-0.05, 0) is 19.4 Å². The van der Waals surface area contributed by atoms with E-state index >= 15 is 0 Å². The molecule has 1 amide bonds. The number of esters is 1. The number of nitrogens with two attached hydrogens (primary N) is 1. The number of primary amides is 1. The zero-order valence-electron chi connectivity index (χ0n) is 15.3. The lowest BCUT2D eigenvalue weighted by atomic mass is 10.1. The number of nitrogens with one attached hydrogen (secondary N) is 1. The molecule has 1 aromatic carbocycles. The quantitative estimate of drug-likeness (QED) is 0.571. The highest BCUT2D eigenvalue weighted by Crippen LogP contribution is 2.30. The molecule has 3 rings (SSSR count). The molecular formula is C19H19N3O4S2. The SMILES string of the molecule is C[C@@H](OC(=O)[C@@H](C)SCc1nc2scc(-c3ccccc3)c2c(=O)[nH]1)C(N)=O. The lowest BCUT2D eigenvalue weighted by Crippen LogP contribution is -2.33. The number of aromatic nitrogens is 2. The fourth-order valence-electron chi connectivity index (χ4n) is 2.49. The molecule has 2 heterocycles. The molecule has 0 fully saturated rings. The van der Waals surface area contributed by atoms with Crippen LogP contribution < -0.4 is 11.3 Å². The van der Waals surface area contributed by atoms with Crippen LogP contribution >= 0.6 is 23.1 Å². The van der Waals surface area contributed by atoms with Gasteiger partial charge in [0.25, 0.3) is 11.5 Å². The molecule has 0 aliphatic rings. The Morgan fingerprint density at radius 3 is 2.68 bits per heavy atom. The summed E-state index contributed by atoms with van der Waals surface area (Å²) in [4.78, 5) is 43.5. The molecule has 0 aliphatic heterocycles. The topological polar surface area (TPSA) is 115 Å². The first-order valence-corrected chi connectivity index (χ1v) is 10.5. The fraction of sp³-hybridized carbons (Fsp3) is 0.263. The second-order valence-electron chi connectivity index (χ2n) is 6.14. The Balaban J connectivity index is 1.74. The number of hydrogen-bond acceptors (Lipinski definition) is 7. The van der Waals surface area contributed by atoms with Gasteiger partial charge < -0.3 is 15.5 Å². The molecule has 146 valence electrons. The number of thiophene rings is 1. The fourth-order valence-corrected chi connectivity index (χ4v) is 4.20. The first-order valence-electron chi connectivity index (χ1n) is 8.54. The monoisotopic (exact) mass is 417 g/mol. The predicted octanol–water partition coefficient (Wildman–Crippen LogP) is 2.69. The summed E-state index contributed by atoms with van der Waals surface area (Å²) in [7, 11) is 0. The molecule has 7 nitrogen and oxygen atoms in total. The molecule has 9 heteroatoms. The Kier molecular flexibility index (Phi) is 6.15. The van der Waals surface area contributed by atoms with Gasteiger partial charge in [0.05, 0.1) is 11.1 Å². The van der Waals surface area contributed by atoms with Crippen molar-refractivity contribution in [3.63, 3.8) is 0 Å². The maximum atomic E-state index is 12.6. The average molecular weight is 418 g/mol. The Bertz CT molecular complexity index is 1060. The third kappa shape index (κ3) is 4.42. The summed E-state index contributed by atoms with van der Waals surface area (Å²) in [5.74, 6) is -0.437. The van der Waals surface area contributed by atoms with Gasteiger partial charge in [-0.2, -0.15) is 0 Å². The van der Waals surface area contributed by atoms with Crippen LogP contribution in [0.3, 0.4) is 0 Å². The first-order chi connectivity index (χ1) is 13.4. The van der Waals surface area contributed by atoms with Crippen molar-refractivity contribution in [2.45, 2.75) is 31.0 Å². The highest BCUT2D eigenvalue weighted by Gasteiger charge is 2.21. The number of benzene rings is 1. The van der Waals surface area contributed by atoms with E-state index in [9.17, 15) is 14.4 Å². The minimum Gasteiger partial charge on any atom is -0.452 e. The van der Waals surface area contributed by atoms with Gasteiger partial charge >= 0.3 is 5.97 Å². The van der Waals surface area contributed by atoms with Crippen LogP contribution in [0.25, 0.3) is 21.3 Å². The Morgan fingerprint density at radius 1 is 1.29 bits per heavy atom. The first kappa shape index (κ1) is 20.1. The number of nitrogens with zero attached hydrogens (tertiary/aromatic N) is 1. The molecule has 28 heavy (non-hydrogen) atoms. The molecule has 3 aromatic rings. The number of carbonyl (C=O) groups is 2. The highest BCUT2D eigenvalue weighted by atomic mass is 32.2. The number of carbonyl (C=O) groups excluding carboxylic acids is 2. The number of H-pyrrole nitrogens is 1. The number of hydrogen-bond donors (Lipinski definition) is 2. The number of thioether (sulfide) groups is 1. The van der Waals surface area contributed by atoms with E-state index in [1.807, 2.05) is 35.7 Å². The predicted molar refractivity (Wildman–Crippen MR) is 111 cm³/mol. The second-order valence-corrected chi connectivity index (χ2v) is 8.33. The van der Waals surface area contributed by atoms with Gasteiger partial charge in [-0.25, -0.2) is 4.98 Å². The van der Waals surface area contributed by atoms with Gasteiger partial charge in [-0.15, -0.1) is 23.1 Å². The second kappa shape index (κ2) is 8.57. The summed E-state index contributed by atoms with van der Waals surface area (Å²) in [5, 5.41) is 1.95. The smallest absolute Gasteiger partial charge is 0.319 e. The zero-order chi connectivity index (χ0) is 20.3. The molecule has 2 aromatic heterocycles. The number of rotatable bonds is 7. The van der Waals surface area contributed by atoms with Gasteiger partial charge in [0, 0.05) is 10.9 Å². The van der Waals surface area contributed by atoms with Crippen molar-refractivity contribution in [1.82, 2.24) is 9.97 Å². The molecule has 0 bridgehead atoms. The van der Waals surface area contributed by atoms with Gasteiger partial charge in [0.1, 0.15) is 15.9 Å². The van der Waals surface area contributed by atoms with E-state index in [1.165, 1.54) is 30.0 Å². The van der Waals surface area contributed by atoms with E-state index in [1.54, 1.807) is 6.92 Å². The molecule has 0 aliphatic carbocycles. The largest absolute Gasteiger partial charge is 0.452 e. The van der Waals surface area contributed by atoms with Crippen LogP contribution in [0.5, 0.6) is 0 Å². The third-order valence-electron chi connectivity index (χ3n) is 4.07. The van der Waals surface area contributed by atoms with Crippen molar-refractivity contribution in [2.75, 3.05) is 0 Å².